The molecule has 1 unspecified atom stereocenters. The van der Waals surface area contributed by atoms with Crippen LogP contribution in [-0.2, 0) is 19.1 Å². The second kappa shape index (κ2) is 9.41. The third-order valence-corrected chi connectivity index (χ3v) is 5.10. The van der Waals surface area contributed by atoms with Gasteiger partial charge in [-0.15, -0.1) is 0 Å². The van der Waals surface area contributed by atoms with Gasteiger partial charge >= 0.3 is 11.9 Å². The number of allylic oxidation sites excluding steroid dienone is 2. The fourth-order valence-electron chi connectivity index (χ4n) is 3.52. The molecule has 0 aromatic heterocycles. The Morgan fingerprint density at radius 2 is 1.86 bits per heavy atom. The van der Waals surface area contributed by atoms with E-state index in [0.29, 0.717) is 24.5 Å². The minimum Gasteiger partial charge on any atom is -0.478 e. The number of rotatable bonds is 7. The van der Waals surface area contributed by atoms with Crippen LogP contribution in [0.4, 0.5) is 4.39 Å². The van der Waals surface area contributed by atoms with Crippen LogP contribution in [-0.4, -0.2) is 48.3 Å². The number of hydrogen-bond acceptors (Lipinski definition) is 5. The fourth-order valence-corrected chi connectivity index (χ4v) is 3.79. The summed E-state index contributed by atoms with van der Waals surface area (Å²) in [4.78, 5) is 26.9. The number of carboxylic acid groups (broad SMARTS) is 1. The molecule has 158 valence electrons. The molecule has 1 aromatic rings. The highest BCUT2D eigenvalue weighted by Crippen LogP contribution is 2.45. The van der Waals surface area contributed by atoms with Crippen LogP contribution in [0, 0.1) is 5.82 Å². The number of methoxy groups -OCH3 is 1. The summed E-state index contributed by atoms with van der Waals surface area (Å²) in [6.07, 6.45) is -0.438. The third kappa shape index (κ3) is 4.62. The first-order valence-electron chi connectivity index (χ1n) is 9.17. The number of benzene rings is 1. The zero-order valence-electron chi connectivity index (χ0n) is 17.1. The summed E-state index contributed by atoms with van der Waals surface area (Å²) >= 11 is 6.26. The van der Waals surface area contributed by atoms with Crippen molar-refractivity contribution in [3.63, 3.8) is 0 Å². The summed E-state index contributed by atoms with van der Waals surface area (Å²) in [6.45, 7) is 7.29. The number of hydrogen-bond donors (Lipinski definition) is 1. The van der Waals surface area contributed by atoms with E-state index in [0.717, 1.165) is 0 Å². The van der Waals surface area contributed by atoms with Crippen molar-refractivity contribution in [1.82, 2.24) is 4.90 Å². The van der Waals surface area contributed by atoms with Gasteiger partial charge in [0.1, 0.15) is 5.82 Å². The van der Waals surface area contributed by atoms with Crippen molar-refractivity contribution in [2.45, 2.75) is 39.7 Å². The summed E-state index contributed by atoms with van der Waals surface area (Å²) in [5.74, 6) is -3.87. The van der Waals surface area contributed by atoms with Gasteiger partial charge in [0.2, 0.25) is 0 Å². The Morgan fingerprint density at radius 3 is 2.38 bits per heavy atom. The van der Waals surface area contributed by atoms with Gasteiger partial charge in [-0.05, 0) is 39.8 Å². The molecule has 29 heavy (non-hydrogen) atoms. The fraction of sp³-hybridized carbons (Fsp3) is 0.429. The van der Waals surface area contributed by atoms with Gasteiger partial charge in [-0.3, -0.25) is 0 Å². The van der Waals surface area contributed by atoms with Gasteiger partial charge in [0.25, 0.3) is 0 Å². The number of aliphatic carboxylic acids is 1. The Labute approximate surface area is 174 Å². The predicted octanol–water partition coefficient (Wildman–Crippen LogP) is 4.11. The van der Waals surface area contributed by atoms with Crippen molar-refractivity contribution < 1.29 is 28.6 Å². The van der Waals surface area contributed by atoms with Gasteiger partial charge in [-0.1, -0.05) is 17.7 Å². The van der Waals surface area contributed by atoms with Crippen LogP contribution >= 0.6 is 11.6 Å². The molecule has 0 amide bonds. The van der Waals surface area contributed by atoms with Gasteiger partial charge in [-0.25, -0.2) is 14.0 Å². The Kier molecular flexibility index (Phi) is 7.43. The molecule has 2 rings (SSSR count). The molecule has 1 aromatic carbocycles. The van der Waals surface area contributed by atoms with Crippen LogP contribution in [0.1, 0.15) is 39.2 Å². The van der Waals surface area contributed by atoms with Gasteiger partial charge in [0.15, 0.2) is 0 Å². The van der Waals surface area contributed by atoms with E-state index in [1.165, 1.54) is 25.3 Å². The van der Waals surface area contributed by atoms with Crippen molar-refractivity contribution in [1.29, 1.82) is 0 Å². The average molecular weight is 426 g/mol. The van der Waals surface area contributed by atoms with Crippen molar-refractivity contribution in [2.24, 2.45) is 0 Å². The van der Waals surface area contributed by atoms with Gasteiger partial charge in [-0.2, -0.15) is 0 Å². The Morgan fingerprint density at radius 1 is 1.24 bits per heavy atom. The Hall–Kier alpha value is -2.38. The molecule has 6 nitrogen and oxygen atoms in total. The number of ether oxygens (including phenoxy) is 2. The zero-order valence-corrected chi connectivity index (χ0v) is 17.8. The Bertz CT molecular complexity index is 858. The van der Waals surface area contributed by atoms with E-state index >= 15 is 0 Å². The number of carbonyl (C=O) groups is 2. The molecule has 0 aliphatic carbocycles. The van der Waals surface area contributed by atoms with Crippen molar-refractivity contribution in [3.05, 3.63) is 57.1 Å². The quantitative estimate of drug-likeness (QED) is 0.662. The highest BCUT2D eigenvalue weighted by Gasteiger charge is 2.42. The third-order valence-electron chi connectivity index (χ3n) is 4.77. The van der Waals surface area contributed by atoms with E-state index in [2.05, 4.69) is 0 Å². The summed E-state index contributed by atoms with van der Waals surface area (Å²) < 4.78 is 25.3. The first-order valence-corrected chi connectivity index (χ1v) is 9.55. The second-order valence-electron chi connectivity index (χ2n) is 6.97. The van der Waals surface area contributed by atoms with Crippen LogP contribution < -0.4 is 0 Å². The lowest BCUT2D eigenvalue weighted by Crippen LogP contribution is -2.37. The van der Waals surface area contributed by atoms with E-state index in [4.69, 9.17) is 21.1 Å². The summed E-state index contributed by atoms with van der Waals surface area (Å²) in [6, 6.07) is 4.08. The molecule has 0 saturated carbocycles. The van der Waals surface area contributed by atoms with Gasteiger partial charge in [0, 0.05) is 35.6 Å². The van der Waals surface area contributed by atoms with Crippen LogP contribution in [0.25, 0.3) is 0 Å². The monoisotopic (exact) mass is 425 g/mol. The summed E-state index contributed by atoms with van der Waals surface area (Å²) in [7, 11) is 1.52. The normalized spacial score (nSPS) is 17.2. The number of carbonyl (C=O) groups excluding carboxylic acids is 1. The molecule has 0 radical (unpaired) electrons. The van der Waals surface area contributed by atoms with Crippen molar-refractivity contribution >= 4 is 23.5 Å². The van der Waals surface area contributed by atoms with Gasteiger partial charge in [0.05, 0.1) is 29.8 Å². The molecule has 1 aliphatic heterocycles. The average Bonchev–Trinajstić information content (AvgIpc) is 2.60. The maximum Gasteiger partial charge on any atom is 0.337 e. The van der Waals surface area contributed by atoms with E-state index in [9.17, 15) is 19.1 Å². The van der Waals surface area contributed by atoms with E-state index in [1.807, 2.05) is 0 Å². The lowest BCUT2D eigenvalue weighted by atomic mass is 9.79. The summed E-state index contributed by atoms with van der Waals surface area (Å²) in [5, 5.41) is 10.0. The molecule has 0 bridgehead atoms. The minimum absolute atomic E-state index is 0.0366. The Balaban J connectivity index is 2.81. The lowest BCUT2D eigenvalue weighted by Gasteiger charge is -2.37. The molecule has 0 fully saturated rings. The van der Waals surface area contributed by atoms with E-state index < -0.39 is 29.8 Å². The molecule has 1 heterocycles. The number of carboxylic acids is 1. The van der Waals surface area contributed by atoms with Crippen molar-refractivity contribution in [3.8, 4) is 0 Å². The van der Waals surface area contributed by atoms with Crippen LogP contribution in [0.2, 0.25) is 5.02 Å². The molecular formula is C21H25ClFNO5. The standard InChI is InChI=1S/C21H25ClFNO5/c1-11(2)29-21(27)17-13(4)24(9-10-28-5)12(3)16(20(25)26)19(17)18-14(22)7-6-8-15(18)23/h6-8,11,19H,9-10H2,1-5H3,(H,25,26). The van der Waals surface area contributed by atoms with Gasteiger partial charge < -0.3 is 19.5 Å². The van der Waals surface area contributed by atoms with E-state index in [-0.39, 0.29) is 21.7 Å². The van der Waals surface area contributed by atoms with Crippen LogP contribution in [0.15, 0.2) is 40.7 Å². The molecule has 1 aliphatic rings. The molecule has 0 saturated heterocycles. The van der Waals surface area contributed by atoms with Crippen molar-refractivity contribution in [2.75, 3.05) is 20.3 Å². The molecule has 8 heteroatoms. The maximum absolute atomic E-state index is 14.8. The molecule has 1 N–H and O–H groups in total. The minimum atomic E-state index is -1.27. The maximum atomic E-state index is 14.8. The smallest absolute Gasteiger partial charge is 0.337 e. The highest BCUT2D eigenvalue weighted by molar-refractivity contribution is 6.31. The van der Waals surface area contributed by atoms with Crippen LogP contribution in [0.5, 0.6) is 0 Å². The number of esters is 1. The number of nitrogens with zero attached hydrogens (tertiary/aromatic N) is 1. The molecular weight excluding hydrogens is 401 g/mol. The topological polar surface area (TPSA) is 76.1 Å². The predicted molar refractivity (Wildman–Crippen MR) is 107 cm³/mol. The largest absolute Gasteiger partial charge is 0.478 e. The van der Waals surface area contributed by atoms with E-state index in [1.54, 1.807) is 32.6 Å². The number of halogens is 2. The summed E-state index contributed by atoms with van der Waals surface area (Å²) in [5.41, 5.74) is 0.712. The first-order chi connectivity index (χ1) is 13.6. The first kappa shape index (κ1) is 22.9. The second-order valence-corrected chi connectivity index (χ2v) is 7.38. The zero-order chi connectivity index (χ0) is 21.9. The molecule has 1 atom stereocenters. The SMILES string of the molecule is COCCN1C(C)=C(C(=O)O)C(c2c(F)cccc2Cl)C(C(=O)OC(C)C)=C1C. The molecule has 0 spiro atoms. The lowest BCUT2D eigenvalue weighted by molar-refractivity contribution is -0.143. The highest BCUT2D eigenvalue weighted by atomic mass is 35.5. The van der Waals surface area contributed by atoms with Crippen LogP contribution in [0.3, 0.4) is 0 Å².